The van der Waals surface area contributed by atoms with Crippen molar-refractivity contribution in [3.05, 3.63) is 58.6 Å². The molecule has 0 saturated carbocycles. The lowest BCUT2D eigenvalue weighted by Gasteiger charge is -1.93. The molecule has 1 aromatic carbocycles. The zero-order valence-electron chi connectivity index (χ0n) is 9.77. The van der Waals surface area contributed by atoms with Gasteiger partial charge in [0.15, 0.2) is 0 Å². The molecule has 0 saturated heterocycles. The zero-order valence-corrected chi connectivity index (χ0v) is 10.5. The van der Waals surface area contributed by atoms with Gasteiger partial charge in [0, 0.05) is 0 Å². The molecule has 0 radical (unpaired) electrons. The highest BCUT2D eigenvalue weighted by molar-refractivity contribution is 6.29. The van der Waals surface area contributed by atoms with Crippen LogP contribution in [0.25, 0.3) is 23.2 Å². The minimum Gasteiger partial charge on any atom is -0.276 e. The van der Waals surface area contributed by atoms with Crippen LogP contribution in [-0.4, -0.2) is 15.2 Å². The smallest absolute Gasteiger partial charge is 0.130 e. The number of pyridine rings is 1. The topological polar surface area (TPSA) is 41.6 Å². The Hall–Kier alpha value is -2.20. The highest BCUT2D eigenvalue weighted by Crippen LogP contribution is 2.18. The number of halogens is 2. The molecule has 2 heterocycles. The van der Waals surface area contributed by atoms with Crippen LogP contribution in [0.15, 0.2) is 36.4 Å². The van der Waals surface area contributed by atoms with Crippen molar-refractivity contribution in [1.29, 1.82) is 0 Å². The van der Waals surface area contributed by atoms with Crippen LogP contribution in [0.3, 0.4) is 0 Å². The number of aromatic nitrogens is 3. The van der Waals surface area contributed by atoms with E-state index in [2.05, 4.69) is 15.2 Å². The molecule has 0 aliphatic rings. The molecular weight excluding hydrogens is 265 g/mol. The first kappa shape index (κ1) is 11.9. The number of rotatable bonds is 2. The van der Waals surface area contributed by atoms with Crippen molar-refractivity contribution in [2.45, 2.75) is 0 Å². The van der Waals surface area contributed by atoms with E-state index in [0.717, 1.165) is 11.1 Å². The number of aromatic amines is 1. The predicted octanol–water partition coefficient (Wildman–Crippen LogP) is 3.92. The Morgan fingerprint density at radius 2 is 1.84 bits per heavy atom. The van der Waals surface area contributed by atoms with Crippen LogP contribution in [0.5, 0.6) is 0 Å². The van der Waals surface area contributed by atoms with Gasteiger partial charge >= 0.3 is 0 Å². The van der Waals surface area contributed by atoms with Crippen LogP contribution in [-0.2, 0) is 0 Å². The fraction of sp³-hybridized carbons (Fsp3) is 0. The third-order valence-electron chi connectivity index (χ3n) is 2.70. The summed E-state index contributed by atoms with van der Waals surface area (Å²) in [6.07, 6.45) is 3.66. The number of benzene rings is 1. The van der Waals surface area contributed by atoms with E-state index in [4.69, 9.17) is 11.6 Å². The minimum absolute atomic E-state index is 0.254. The van der Waals surface area contributed by atoms with Gasteiger partial charge in [-0.15, -0.1) is 0 Å². The standard InChI is InChI=1S/C14H9ClFN3/c15-13-8-7-12-14(17-13)11(18-19-12)6-3-9-1-4-10(16)5-2-9/h1-8H,(H,18,19)/b6-3+. The average Bonchev–Trinajstić information content (AvgIpc) is 2.80. The fourth-order valence-electron chi connectivity index (χ4n) is 1.76. The Morgan fingerprint density at radius 1 is 1.05 bits per heavy atom. The highest BCUT2D eigenvalue weighted by Gasteiger charge is 2.04. The van der Waals surface area contributed by atoms with Crippen molar-refractivity contribution in [2.24, 2.45) is 0 Å². The van der Waals surface area contributed by atoms with E-state index in [1.807, 2.05) is 18.2 Å². The maximum atomic E-state index is 12.8. The summed E-state index contributed by atoms with van der Waals surface area (Å²) in [5.74, 6) is -0.254. The Bertz CT molecular complexity index is 747. The van der Waals surface area contributed by atoms with E-state index in [1.165, 1.54) is 12.1 Å². The Kier molecular flexibility index (Phi) is 3.01. The van der Waals surface area contributed by atoms with Crippen molar-refractivity contribution in [3.8, 4) is 0 Å². The van der Waals surface area contributed by atoms with E-state index < -0.39 is 0 Å². The predicted molar refractivity (Wildman–Crippen MR) is 74.2 cm³/mol. The molecule has 94 valence electrons. The molecule has 3 rings (SSSR count). The molecule has 0 unspecified atom stereocenters. The van der Waals surface area contributed by atoms with Gasteiger partial charge in [0.1, 0.15) is 22.2 Å². The lowest BCUT2D eigenvalue weighted by molar-refractivity contribution is 0.628. The summed E-state index contributed by atoms with van der Waals surface area (Å²) in [7, 11) is 0. The SMILES string of the molecule is Fc1ccc(/C=C/c2n[nH]c3ccc(Cl)nc23)cc1. The third-order valence-corrected chi connectivity index (χ3v) is 2.91. The van der Waals surface area contributed by atoms with Crippen LogP contribution < -0.4 is 0 Å². The quantitative estimate of drug-likeness (QED) is 0.719. The normalized spacial score (nSPS) is 11.5. The van der Waals surface area contributed by atoms with E-state index in [9.17, 15) is 4.39 Å². The van der Waals surface area contributed by atoms with Crippen LogP contribution in [0.2, 0.25) is 5.15 Å². The lowest BCUT2D eigenvalue weighted by Crippen LogP contribution is -1.79. The van der Waals surface area contributed by atoms with E-state index in [0.29, 0.717) is 16.4 Å². The average molecular weight is 274 g/mol. The largest absolute Gasteiger partial charge is 0.276 e. The highest BCUT2D eigenvalue weighted by atomic mass is 35.5. The number of H-pyrrole nitrogens is 1. The molecule has 19 heavy (non-hydrogen) atoms. The molecule has 3 aromatic rings. The van der Waals surface area contributed by atoms with Crippen molar-refractivity contribution in [3.63, 3.8) is 0 Å². The molecule has 0 amide bonds. The van der Waals surface area contributed by atoms with Crippen LogP contribution in [0, 0.1) is 5.82 Å². The lowest BCUT2D eigenvalue weighted by atomic mass is 10.2. The summed E-state index contributed by atoms with van der Waals surface area (Å²) in [4.78, 5) is 4.22. The van der Waals surface area contributed by atoms with Crippen LogP contribution in [0.1, 0.15) is 11.3 Å². The molecular formula is C14H9ClFN3. The van der Waals surface area contributed by atoms with Gasteiger partial charge in [0.2, 0.25) is 0 Å². The summed E-state index contributed by atoms with van der Waals surface area (Å²) < 4.78 is 12.8. The summed E-state index contributed by atoms with van der Waals surface area (Å²) in [5.41, 5.74) is 3.12. The molecule has 0 spiro atoms. The van der Waals surface area contributed by atoms with E-state index in [1.54, 1.807) is 18.2 Å². The molecule has 0 aliphatic heterocycles. The maximum absolute atomic E-state index is 12.8. The fourth-order valence-corrected chi connectivity index (χ4v) is 1.91. The summed E-state index contributed by atoms with van der Waals surface area (Å²) in [5, 5.41) is 7.46. The Balaban J connectivity index is 1.96. The van der Waals surface area contributed by atoms with Gasteiger partial charge in [0.05, 0.1) is 5.52 Å². The molecule has 1 N–H and O–H groups in total. The second-order valence-electron chi connectivity index (χ2n) is 4.02. The molecule has 3 nitrogen and oxygen atoms in total. The number of hydrogen-bond acceptors (Lipinski definition) is 2. The number of hydrogen-bond donors (Lipinski definition) is 1. The van der Waals surface area contributed by atoms with Crippen LogP contribution >= 0.6 is 11.6 Å². The molecule has 0 bridgehead atoms. The first-order valence-electron chi connectivity index (χ1n) is 5.67. The van der Waals surface area contributed by atoms with Crippen molar-refractivity contribution in [2.75, 3.05) is 0 Å². The summed E-state index contributed by atoms with van der Waals surface area (Å²) in [6.45, 7) is 0. The van der Waals surface area contributed by atoms with Gasteiger partial charge in [-0.05, 0) is 35.9 Å². The first-order valence-corrected chi connectivity index (χ1v) is 6.04. The first-order chi connectivity index (χ1) is 9.22. The van der Waals surface area contributed by atoms with Gasteiger partial charge in [-0.25, -0.2) is 9.37 Å². The minimum atomic E-state index is -0.254. The van der Waals surface area contributed by atoms with E-state index in [-0.39, 0.29) is 5.82 Å². The molecule has 0 atom stereocenters. The second kappa shape index (κ2) is 4.82. The van der Waals surface area contributed by atoms with Crippen molar-refractivity contribution < 1.29 is 4.39 Å². The summed E-state index contributed by atoms with van der Waals surface area (Å²) >= 11 is 5.86. The van der Waals surface area contributed by atoms with Crippen molar-refractivity contribution in [1.82, 2.24) is 15.2 Å². The molecule has 0 fully saturated rings. The van der Waals surface area contributed by atoms with Crippen LogP contribution in [0.4, 0.5) is 4.39 Å². The Morgan fingerprint density at radius 3 is 2.63 bits per heavy atom. The molecule has 2 aromatic heterocycles. The summed E-state index contributed by atoms with van der Waals surface area (Å²) in [6, 6.07) is 9.75. The van der Waals surface area contributed by atoms with Gasteiger partial charge in [-0.2, -0.15) is 5.10 Å². The number of fused-ring (bicyclic) bond motifs is 1. The number of nitrogens with zero attached hydrogens (tertiary/aromatic N) is 2. The zero-order chi connectivity index (χ0) is 13.2. The van der Waals surface area contributed by atoms with Gasteiger partial charge in [-0.3, -0.25) is 5.10 Å². The molecule has 0 aliphatic carbocycles. The van der Waals surface area contributed by atoms with Gasteiger partial charge in [-0.1, -0.05) is 29.8 Å². The maximum Gasteiger partial charge on any atom is 0.130 e. The van der Waals surface area contributed by atoms with Gasteiger partial charge < -0.3 is 0 Å². The van der Waals surface area contributed by atoms with E-state index >= 15 is 0 Å². The monoisotopic (exact) mass is 273 g/mol. The van der Waals surface area contributed by atoms with Gasteiger partial charge in [0.25, 0.3) is 0 Å². The molecule has 5 heteroatoms. The Labute approximate surface area is 113 Å². The third kappa shape index (κ3) is 2.48. The number of nitrogens with one attached hydrogen (secondary N) is 1. The van der Waals surface area contributed by atoms with Crippen molar-refractivity contribution >= 4 is 34.8 Å². The second-order valence-corrected chi connectivity index (χ2v) is 4.41.